The Morgan fingerprint density at radius 3 is 0.846 bits per heavy atom. The fourth-order valence-corrected chi connectivity index (χ4v) is 22.1. The van der Waals surface area contributed by atoms with E-state index in [-0.39, 0.29) is 43.5 Å². The molecule has 14 N–H and O–H groups in total. The molecule has 0 radical (unpaired) electrons. The summed E-state index contributed by atoms with van der Waals surface area (Å²) in [5.41, 5.74) is 66.4. The van der Waals surface area contributed by atoms with E-state index in [9.17, 15) is 9.59 Å². The number of nitrogens with one attached hydrogen (secondary N) is 7. The van der Waals surface area contributed by atoms with Crippen LogP contribution >= 0.6 is 68.7 Å². The third kappa shape index (κ3) is 32.6. The van der Waals surface area contributed by atoms with Crippen molar-refractivity contribution < 1.29 is 14.3 Å². The number of benzene rings is 10. The molecule has 2 heterocycles. The largest absolute Gasteiger partial charge is 0.465 e. The van der Waals surface area contributed by atoms with Crippen molar-refractivity contribution in [3.63, 3.8) is 0 Å². The van der Waals surface area contributed by atoms with Crippen LogP contribution in [0.15, 0.2) is 103 Å². The second kappa shape index (κ2) is 55.4. The second-order valence-corrected chi connectivity index (χ2v) is 39.4. The first kappa shape index (κ1) is 117. The number of amides is 1. The topological polar surface area (TPSA) is 228 Å². The van der Waals surface area contributed by atoms with Crippen LogP contribution in [0.2, 0.25) is 0 Å². The number of hydrogen-bond donors (Lipinski definition) is 10. The van der Waals surface area contributed by atoms with Crippen molar-refractivity contribution in [2.75, 3.05) is 122 Å². The van der Waals surface area contributed by atoms with Gasteiger partial charge in [0, 0.05) is 142 Å². The lowest BCUT2D eigenvalue weighted by Gasteiger charge is -2.28. The molecule has 2 saturated heterocycles. The van der Waals surface area contributed by atoms with Crippen LogP contribution in [0.3, 0.4) is 0 Å². The van der Waals surface area contributed by atoms with Gasteiger partial charge in [-0.1, -0.05) is 174 Å². The van der Waals surface area contributed by atoms with Crippen LogP contribution in [0.5, 0.6) is 0 Å². The van der Waals surface area contributed by atoms with E-state index in [4.69, 9.17) is 40.6 Å². The smallest absolute Gasteiger partial charge is 0.325 e. The Balaban J connectivity index is 0.000000310. The van der Waals surface area contributed by atoms with Gasteiger partial charge in [-0.15, -0.1) is 12.4 Å². The molecular formula is C114H163Br2ClN14O3S2. The quantitative estimate of drug-likeness (QED) is 0.00874. The predicted molar refractivity (Wildman–Crippen MR) is 606 cm³/mol. The number of primary amides is 1. The maximum Gasteiger partial charge on any atom is 0.325 e. The standard InChI is InChI=1S/C35H44N4S2.C33H48N4.C13H19NO2.C11H14Br2.C11H16N2O.C11H18N2.ClH.H3N/c1-21-14-25(5)32(26(6)15-21)38-12-10-36(34(38)40)19-30-23(3)18-24(4)31(29(30)9)20-37-11-13-39(35(37)41)33-27(7)16-22(2)17-28(33)8;1-21-14-25(5)32(26(6)15-21)36-12-10-34-19-30-23(3)18-24(4)31(29(30)9)20-35-11-13-37-33-27(7)16-22(2)17-28(33)8;1-5-16-12(15)8-14-13-10(3)6-9(2)7-11(13)4;1-7-4-8(2)11(6-13)9(3)10(7)5-12;1-7-4-8(2)11(9(3)5-7)13-6-10(12)14;1-8-6-9(2)11(10(3)7-8)13-5-4-12;;/h14-18H,10-13,19-20H2,1-9H3;14-18,34-37H,10-13,19-20H2,1-9H3;6-7,14H,5,8H2,1-4H3;4H,5-6H2,1-3H3;4-5,13H,6H2,1-3H3,(H2,12,14);6-7,13H,4-5,12H2,1-3H3;1H;1H3. The van der Waals surface area contributed by atoms with Gasteiger partial charge in [0.1, 0.15) is 6.54 Å². The Morgan fingerprint density at radius 2 is 0.574 bits per heavy atom. The number of carbonyl (C=O) groups excluding carboxylic acids is 2. The molecule has 10 aromatic carbocycles. The van der Waals surface area contributed by atoms with Crippen LogP contribution in [-0.4, -0.2) is 117 Å². The van der Waals surface area contributed by atoms with Crippen molar-refractivity contribution in [2.24, 2.45) is 11.5 Å². The molecule has 0 aromatic heterocycles. The maximum atomic E-state index is 11.2. The minimum absolute atomic E-state index is 0. The highest BCUT2D eigenvalue weighted by atomic mass is 79.9. The molecule has 17 nitrogen and oxygen atoms in total. The Hall–Kier alpha value is -9.39. The highest BCUT2D eigenvalue weighted by Crippen LogP contribution is 2.37. The van der Waals surface area contributed by atoms with Gasteiger partial charge in [-0.3, -0.25) is 9.59 Å². The first-order valence-corrected chi connectivity index (χ1v) is 50.6. The number of ether oxygens (including phenoxy) is 1. The predicted octanol–water partition coefficient (Wildman–Crippen LogP) is 25.6. The molecule has 2 aliphatic heterocycles. The summed E-state index contributed by atoms with van der Waals surface area (Å²) in [6, 6.07) is 37.7. The van der Waals surface area contributed by atoms with Crippen molar-refractivity contribution in [3.8, 4) is 0 Å². The molecule has 740 valence electrons. The van der Waals surface area contributed by atoms with Gasteiger partial charge in [0.25, 0.3) is 0 Å². The Morgan fingerprint density at radius 1 is 0.331 bits per heavy atom. The van der Waals surface area contributed by atoms with E-state index in [2.05, 4.69) is 372 Å². The third-order valence-electron chi connectivity index (χ3n) is 25.6. The summed E-state index contributed by atoms with van der Waals surface area (Å²) in [6.45, 7) is 79.9. The number of rotatable bonds is 30. The molecule has 0 spiro atoms. The number of nitrogens with two attached hydrogens (primary N) is 2. The summed E-state index contributed by atoms with van der Waals surface area (Å²) in [7, 11) is 0. The number of nitrogens with zero attached hydrogens (tertiary/aromatic N) is 4. The van der Waals surface area contributed by atoms with Crippen LogP contribution in [0, 0.1) is 208 Å². The van der Waals surface area contributed by atoms with E-state index in [1.807, 2.05) is 27.7 Å². The molecule has 2 aliphatic rings. The van der Waals surface area contributed by atoms with Crippen LogP contribution in [0.4, 0.5) is 39.8 Å². The average molecular weight is 2040 g/mol. The fraction of sp³-hybridized carbons (Fsp3) is 0.439. The second-order valence-electron chi connectivity index (χ2n) is 37.5. The van der Waals surface area contributed by atoms with Gasteiger partial charge in [-0.05, 0) is 400 Å². The van der Waals surface area contributed by atoms with Gasteiger partial charge in [0.05, 0.1) is 13.2 Å². The van der Waals surface area contributed by atoms with E-state index in [1.54, 1.807) is 6.92 Å². The summed E-state index contributed by atoms with van der Waals surface area (Å²) in [5.74, 6) is -0.564. The number of aryl methyl sites for hydroxylation is 27. The highest BCUT2D eigenvalue weighted by Gasteiger charge is 2.32. The van der Waals surface area contributed by atoms with Gasteiger partial charge in [-0.25, -0.2) is 0 Å². The van der Waals surface area contributed by atoms with Crippen LogP contribution in [0.25, 0.3) is 0 Å². The van der Waals surface area contributed by atoms with E-state index < -0.39 is 0 Å². The zero-order chi connectivity index (χ0) is 99.6. The monoisotopic (exact) mass is 2030 g/mol. The average Bonchev–Trinajstić information content (AvgIpc) is 1.59. The van der Waals surface area contributed by atoms with E-state index >= 15 is 0 Å². The molecular weight excluding hydrogens is 1870 g/mol. The first-order chi connectivity index (χ1) is 63.2. The highest BCUT2D eigenvalue weighted by molar-refractivity contribution is 9.08. The molecule has 0 atom stereocenters. The number of anilines is 7. The van der Waals surface area contributed by atoms with Gasteiger partial charge >= 0.3 is 5.97 Å². The zero-order valence-electron chi connectivity index (χ0n) is 88.1. The summed E-state index contributed by atoms with van der Waals surface area (Å²) in [4.78, 5) is 31.3. The van der Waals surface area contributed by atoms with Gasteiger partial charge in [-0.2, -0.15) is 0 Å². The number of carbonyl (C=O) groups is 2. The molecule has 0 aliphatic carbocycles. The zero-order valence-corrected chi connectivity index (χ0v) is 93.7. The molecule has 1 amide bonds. The van der Waals surface area contributed by atoms with Crippen LogP contribution in [-0.2, 0) is 51.2 Å². The lowest BCUT2D eigenvalue weighted by atomic mass is 9.92. The summed E-state index contributed by atoms with van der Waals surface area (Å²) < 4.78 is 4.87. The van der Waals surface area contributed by atoms with Crippen molar-refractivity contribution in [1.82, 2.24) is 26.6 Å². The van der Waals surface area contributed by atoms with E-state index in [0.29, 0.717) is 13.2 Å². The Bertz CT molecular complexity index is 5420. The molecule has 136 heavy (non-hydrogen) atoms. The molecule has 0 bridgehead atoms. The molecule has 22 heteroatoms. The first-order valence-electron chi connectivity index (χ1n) is 47.6. The summed E-state index contributed by atoms with van der Waals surface area (Å²) >= 11 is 19.2. The van der Waals surface area contributed by atoms with E-state index in [1.165, 1.54) is 206 Å². The number of alkyl halides is 2. The Kier molecular flexibility index (Phi) is 47.7. The van der Waals surface area contributed by atoms with Gasteiger partial charge < -0.3 is 79.2 Å². The molecule has 12 rings (SSSR count). The summed E-state index contributed by atoms with van der Waals surface area (Å²) in [6.07, 6.45) is 0. The van der Waals surface area contributed by atoms with Gasteiger partial charge in [0.15, 0.2) is 10.2 Å². The lowest BCUT2D eigenvalue weighted by Crippen LogP contribution is -2.33. The number of hydrogen-bond acceptors (Lipinski definition) is 14. The maximum absolute atomic E-state index is 11.2. The van der Waals surface area contributed by atoms with Crippen molar-refractivity contribution in [2.45, 2.75) is 251 Å². The fourth-order valence-electron chi connectivity index (χ4n) is 19.7. The van der Waals surface area contributed by atoms with Crippen LogP contribution < -0.4 is 64.6 Å². The molecule has 10 aromatic rings. The van der Waals surface area contributed by atoms with Crippen molar-refractivity contribution in [1.29, 1.82) is 0 Å². The SMILES string of the molecule is CCOC(=O)CNc1c(C)cc(C)cc1C.Cc1cc(C)c(CBr)c(C)c1CBr.Cc1cc(C)c(N2CCN(Cc3c(C)cc(C)c(CN4CCN(c5c(C)cc(C)cc5C)C4=S)c3C)C2=S)c(C)c1.Cc1cc(C)c(NCC(N)=O)c(C)c1.Cc1cc(C)c(NCCN)c(C)c1.Cc1cc(C)c(NCCNCc2c(C)cc(C)c(CNCCNc3c(C)cc(C)cc3C)c2C)c(C)c1.Cl.N. The van der Waals surface area contributed by atoms with Crippen LogP contribution in [0.1, 0.15) is 207 Å². The van der Waals surface area contributed by atoms with E-state index in [0.717, 1.165) is 140 Å². The molecule has 2 fully saturated rings. The normalized spacial score (nSPS) is 11.9. The Labute approximate surface area is 852 Å². The molecule has 0 unspecified atom stereocenters. The number of esters is 1. The molecule has 0 saturated carbocycles. The number of thiocarbonyl (C=S) groups is 2. The van der Waals surface area contributed by atoms with Crippen molar-refractivity contribution in [3.05, 3.63) is 303 Å². The third-order valence-corrected chi connectivity index (χ3v) is 27.7. The minimum atomic E-state index is -0.343. The summed E-state index contributed by atoms with van der Waals surface area (Å²) in [5, 5.41) is 27.8. The minimum Gasteiger partial charge on any atom is -0.465 e. The number of halogens is 3. The lowest BCUT2D eigenvalue weighted by molar-refractivity contribution is -0.140. The van der Waals surface area contributed by atoms with Crippen molar-refractivity contribution >= 4 is 131 Å². The van der Waals surface area contributed by atoms with Gasteiger partial charge in [0.2, 0.25) is 5.91 Å².